The normalized spacial score (nSPS) is 13.4. The van der Waals surface area contributed by atoms with E-state index in [0.29, 0.717) is 18.6 Å². The number of nitrogens with two attached hydrogens (primary N) is 1. The van der Waals surface area contributed by atoms with Crippen LogP contribution in [0.1, 0.15) is 26.3 Å². The van der Waals surface area contributed by atoms with Crippen molar-refractivity contribution >= 4 is 0 Å². The van der Waals surface area contributed by atoms with Gasteiger partial charge in [0, 0.05) is 6.61 Å². The Morgan fingerprint density at radius 2 is 2.11 bits per heavy atom. The molecule has 1 unspecified atom stereocenters. The second kappa shape index (κ2) is 6.84. The smallest absolute Gasteiger partial charge is 0.168 e. The summed E-state index contributed by atoms with van der Waals surface area (Å²) >= 11 is 0. The summed E-state index contributed by atoms with van der Waals surface area (Å²) in [6.45, 7) is 6.35. The minimum absolute atomic E-state index is 0.200. The first-order valence-electron chi connectivity index (χ1n) is 6.37. The fourth-order valence-corrected chi connectivity index (χ4v) is 2.07. The van der Waals surface area contributed by atoms with Crippen molar-refractivity contribution in [2.24, 2.45) is 5.84 Å². The Bertz CT molecular complexity index is 410. The van der Waals surface area contributed by atoms with Crippen molar-refractivity contribution < 1.29 is 13.9 Å². The molecule has 108 valence electrons. The van der Waals surface area contributed by atoms with Gasteiger partial charge in [0.05, 0.1) is 18.8 Å². The lowest BCUT2D eigenvalue weighted by atomic mass is 9.92. The molecule has 1 aromatic rings. The summed E-state index contributed by atoms with van der Waals surface area (Å²) in [6.07, 6.45) is 0.423. The first kappa shape index (κ1) is 15.9. The first-order chi connectivity index (χ1) is 8.96. The molecule has 0 bridgehead atoms. The van der Waals surface area contributed by atoms with Crippen molar-refractivity contribution in [1.29, 1.82) is 0 Å². The molecule has 0 aromatic heterocycles. The molecule has 1 aromatic carbocycles. The molecular formula is C14H23FN2O2. The molecule has 0 radical (unpaired) electrons. The van der Waals surface area contributed by atoms with Crippen molar-refractivity contribution in [3.8, 4) is 5.75 Å². The number of hydrazine groups is 1. The lowest BCUT2D eigenvalue weighted by molar-refractivity contribution is -0.0382. The molecule has 0 saturated carbocycles. The van der Waals surface area contributed by atoms with E-state index in [1.165, 1.54) is 7.11 Å². The van der Waals surface area contributed by atoms with Crippen LogP contribution in [-0.2, 0) is 11.2 Å². The maximum Gasteiger partial charge on any atom is 0.168 e. The van der Waals surface area contributed by atoms with Crippen LogP contribution in [0.3, 0.4) is 0 Å². The van der Waals surface area contributed by atoms with E-state index in [1.807, 2.05) is 20.8 Å². The summed E-state index contributed by atoms with van der Waals surface area (Å²) in [5.74, 6) is 5.46. The van der Waals surface area contributed by atoms with E-state index >= 15 is 0 Å². The molecule has 0 heterocycles. The van der Waals surface area contributed by atoms with Crippen LogP contribution in [0.25, 0.3) is 0 Å². The molecule has 3 N–H and O–H groups in total. The lowest BCUT2D eigenvalue weighted by Gasteiger charge is -2.33. The molecule has 0 amide bonds. The molecule has 0 saturated heterocycles. The van der Waals surface area contributed by atoms with E-state index in [0.717, 1.165) is 0 Å². The fraction of sp³-hybridized carbons (Fsp3) is 0.571. The summed E-state index contributed by atoms with van der Waals surface area (Å²) in [5, 5.41) is 0. The van der Waals surface area contributed by atoms with E-state index < -0.39 is 5.60 Å². The van der Waals surface area contributed by atoms with E-state index in [4.69, 9.17) is 15.3 Å². The largest absolute Gasteiger partial charge is 0.494 e. The van der Waals surface area contributed by atoms with Crippen molar-refractivity contribution in [3.63, 3.8) is 0 Å². The molecule has 0 fully saturated rings. The fourth-order valence-electron chi connectivity index (χ4n) is 2.07. The second-order valence-electron chi connectivity index (χ2n) is 4.89. The lowest BCUT2D eigenvalue weighted by Crippen LogP contribution is -2.52. The molecule has 1 rings (SSSR count). The van der Waals surface area contributed by atoms with E-state index in [2.05, 4.69) is 5.43 Å². The molecule has 0 aliphatic heterocycles. The zero-order chi connectivity index (χ0) is 14.5. The van der Waals surface area contributed by atoms with E-state index in [1.54, 1.807) is 18.2 Å². The predicted octanol–water partition coefficient (Wildman–Crippen LogP) is 2.02. The number of benzene rings is 1. The topological polar surface area (TPSA) is 56.5 Å². The summed E-state index contributed by atoms with van der Waals surface area (Å²) < 4.78 is 24.7. The zero-order valence-electron chi connectivity index (χ0n) is 12.0. The minimum Gasteiger partial charge on any atom is -0.494 e. The van der Waals surface area contributed by atoms with Gasteiger partial charge in [0.15, 0.2) is 11.6 Å². The standard InChI is InChI=1S/C14H23FN2O2/c1-5-19-14(2,3)12(17-16)9-10-7-6-8-11(18-4)13(10)15/h6-8,12,17H,5,9,16H2,1-4H3. The first-order valence-corrected chi connectivity index (χ1v) is 6.37. The number of hydrogen-bond acceptors (Lipinski definition) is 4. The third-order valence-corrected chi connectivity index (χ3v) is 3.24. The van der Waals surface area contributed by atoms with Gasteiger partial charge in [0.2, 0.25) is 0 Å². The van der Waals surface area contributed by atoms with Gasteiger partial charge in [-0.25, -0.2) is 4.39 Å². The molecule has 0 aliphatic rings. The Labute approximate surface area is 114 Å². The highest BCUT2D eigenvalue weighted by atomic mass is 19.1. The van der Waals surface area contributed by atoms with Crippen molar-refractivity contribution in [1.82, 2.24) is 5.43 Å². The van der Waals surface area contributed by atoms with Crippen LogP contribution in [0.2, 0.25) is 0 Å². The Morgan fingerprint density at radius 1 is 1.42 bits per heavy atom. The summed E-state index contributed by atoms with van der Waals surface area (Å²) in [6, 6.07) is 4.88. The van der Waals surface area contributed by atoms with Crippen LogP contribution in [0, 0.1) is 5.82 Å². The van der Waals surface area contributed by atoms with Crippen molar-refractivity contribution in [2.75, 3.05) is 13.7 Å². The van der Waals surface area contributed by atoms with Crippen LogP contribution in [0.5, 0.6) is 5.75 Å². The highest BCUT2D eigenvalue weighted by Gasteiger charge is 2.30. The number of nitrogens with one attached hydrogen (secondary N) is 1. The minimum atomic E-state index is -0.487. The maximum atomic E-state index is 14.1. The molecule has 19 heavy (non-hydrogen) atoms. The maximum absolute atomic E-state index is 14.1. The van der Waals surface area contributed by atoms with E-state index in [9.17, 15) is 4.39 Å². The van der Waals surface area contributed by atoms with Crippen molar-refractivity contribution in [2.45, 2.75) is 38.8 Å². The van der Waals surface area contributed by atoms with Crippen molar-refractivity contribution in [3.05, 3.63) is 29.6 Å². The van der Waals surface area contributed by atoms with E-state index in [-0.39, 0.29) is 17.6 Å². The average molecular weight is 270 g/mol. The number of rotatable bonds is 7. The number of methoxy groups -OCH3 is 1. The van der Waals surface area contributed by atoms with Crippen LogP contribution < -0.4 is 16.0 Å². The monoisotopic (exact) mass is 270 g/mol. The third-order valence-electron chi connectivity index (χ3n) is 3.24. The van der Waals surface area contributed by atoms with Gasteiger partial charge in [0.25, 0.3) is 0 Å². The van der Waals surface area contributed by atoms with Crippen LogP contribution in [-0.4, -0.2) is 25.4 Å². The van der Waals surface area contributed by atoms with Gasteiger partial charge in [-0.1, -0.05) is 12.1 Å². The van der Waals surface area contributed by atoms with Crippen LogP contribution >= 0.6 is 0 Å². The molecule has 1 atom stereocenters. The summed E-state index contributed by atoms with van der Waals surface area (Å²) in [5.41, 5.74) is 2.77. The molecular weight excluding hydrogens is 247 g/mol. The average Bonchev–Trinajstić information content (AvgIpc) is 2.37. The highest BCUT2D eigenvalue weighted by Crippen LogP contribution is 2.24. The molecule has 5 heteroatoms. The number of halogens is 1. The number of hydrogen-bond donors (Lipinski definition) is 2. The van der Waals surface area contributed by atoms with Crippen LogP contribution in [0.4, 0.5) is 4.39 Å². The molecule has 4 nitrogen and oxygen atoms in total. The third kappa shape index (κ3) is 3.89. The summed E-state index contributed by atoms with van der Waals surface area (Å²) in [7, 11) is 1.45. The van der Waals surface area contributed by atoms with Crippen LogP contribution in [0.15, 0.2) is 18.2 Å². The summed E-state index contributed by atoms with van der Waals surface area (Å²) in [4.78, 5) is 0. The van der Waals surface area contributed by atoms with Gasteiger partial charge in [-0.05, 0) is 38.8 Å². The molecule has 0 aliphatic carbocycles. The SMILES string of the molecule is CCOC(C)(C)C(Cc1cccc(OC)c1F)NN. The van der Waals surface area contributed by atoms with Gasteiger partial charge < -0.3 is 9.47 Å². The second-order valence-corrected chi connectivity index (χ2v) is 4.89. The Morgan fingerprint density at radius 3 is 2.63 bits per heavy atom. The van der Waals surface area contributed by atoms with Gasteiger partial charge >= 0.3 is 0 Å². The Hall–Kier alpha value is -1.17. The molecule has 0 spiro atoms. The Kier molecular flexibility index (Phi) is 5.72. The van der Waals surface area contributed by atoms with Gasteiger partial charge in [-0.15, -0.1) is 0 Å². The van der Waals surface area contributed by atoms with Gasteiger partial charge in [0.1, 0.15) is 0 Å². The predicted molar refractivity (Wildman–Crippen MR) is 73.5 cm³/mol. The van der Waals surface area contributed by atoms with Gasteiger partial charge in [-0.2, -0.15) is 0 Å². The zero-order valence-corrected chi connectivity index (χ0v) is 12.0. The van der Waals surface area contributed by atoms with Gasteiger partial charge in [-0.3, -0.25) is 11.3 Å². The highest BCUT2D eigenvalue weighted by molar-refractivity contribution is 5.31. The number of ether oxygens (including phenoxy) is 2. The Balaban J connectivity index is 2.93. The quantitative estimate of drug-likeness (QED) is 0.588.